The van der Waals surface area contributed by atoms with Crippen molar-refractivity contribution in [2.75, 3.05) is 26.2 Å². The predicted molar refractivity (Wildman–Crippen MR) is 142 cm³/mol. The van der Waals surface area contributed by atoms with Crippen molar-refractivity contribution >= 4 is 40.0 Å². The van der Waals surface area contributed by atoms with Crippen LogP contribution in [0.3, 0.4) is 0 Å². The summed E-state index contributed by atoms with van der Waals surface area (Å²) in [6.07, 6.45) is 4.33. The minimum absolute atomic E-state index is 0.0172. The van der Waals surface area contributed by atoms with Crippen LogP contribution in [0.2, 0.25) is 0 Å². The summed E-state index contributed by atoms with van der Waals surface area (Å²) in [4.78, 5) is 47.1. The first-order chi connectivity index (χ1) is 18.0. The van der Waals surface area contributed by atoms with Gasteiger partial charge in [-0.2, -0.15) is 0 Å². The van der Waals surface area contributed by atoms with Gasteiger partial charge in [0.15, 0.2) is 0 Å². The molecule has 0 fully saturated rings. The number of carbonyl (C=O) groups is 3. The van der Waals surface area contributed by atoms with E-state index in [1.807, 2.05) is 13.8 Å². The topological polar surface area (TPSA) is 110 Å². The summed E-state index contributed by atoms with van der Waals surface area (Å²) in [5, 5.41) is 11.3. The molecule has 1 unspecified atom stereocenters. The van der Waals surface area contributed by atoms with Crippen LogP contribution in [0.15, 0.2) is 42.0 Å². The second-order valence-corrected chi connectivity index (χ2v) is 10.5. The van der Waals surface area contributed by atoms with Crippen molar-refractivity contribution in [3.05, 3.63) is 53.1 Å². The van der Waals surface area contributed by atoms with Crippen LogP contribution >= 0.6 is 0 Å². The number of phenolic OH excluding ortho intramolecular Hbond substituents is 1. The second kappa shape index (κ2) is 9.40. The highest BCUT2D eigenvalue weighted by atomic mass is 16.6. The molecule has 9 heteroatoms. The molecule has 1 atom stereocenters. The molecular formula is C29H32N3O6+. The number of hydrogen-bond acceptors (Lipinski definition) is 7. The van der Waals surface area contributed by atoms with E-state index < -0.39 is 29.5 Å². The second-order valence-electron chi connectivity index (χ2n) is 10.5. The van der Waals surface area contributed by atoms with Crippen molar-refractivity contribution in [2.45, 2.75) is 46.3 Å². The van der Waals surface area contributed by atoms with E-state index in [1.54, 1.807) is 45.1 Å². The lowest BCUT2D eigenvalue weighted by atomic mass is 9.93. The van der Waals surface area contributed by atoms with Gasteiger partial charge in [-0.1, -0.05) is 19.9 Å². The third-order valence-electron chi connectivity index (χ3n) is 6.95. The maximum atomic E-state index is 13.7. The first kappa shape index (κ1) is 25.7. The predicted octanol–water partition coefficient (Wildman–Crippen LogP) is 2.24. The van der Waals surface area contributed by atoms with Crippen molar-refractivity contribution < 1.29 is 34.0 Å². The summed E-state index contributed by atoms with van der Waals surface area (Å²) in [5.41, 5.74) is 1.01. The number of likely N-dealkylation sites (N-methyl/N-ethyl adjacent to an activating group) is 1. The van der Waals surface area contributed by atoms with Gasteiger partial charge in [0, 0.05) is 24.6 Å². The minimum atomic E-state index is -0.839. The number of benzene rings is 2. The van der Waals surface area contributed by atoms with Crippen LogP contribution in [-0.4, -0.2) is 76.3 Å². The summed E-state index contributed by atoms with van der Waals surface area (Å²) in [7, 11) is 0. The number of nitrogens with zero attached hydrogens (tertiary/aromatic N) is 2. The van der Waals surface area contributed by atoms with E-state index in [0.29, 0.717) is 28.7 Å². The van der Waals surface area contributed by atoms with E-state index in [1.165, 1.54) is 17.0 Å². The molecule has 0 bridgehead atoms. The molecule has 0 aromatic heterocycles. The summed E-state index contributed by atoms with van der Waals surface area (Å²) < 4.78 is 12.0. The van der Waals surface area contributed by atoms with Crippen molar-refractivity contribution in [1.29, 1.82) is 0 Å². The summed E-state index contributed by atoms with van der Waals surface area (Å²) in [6.45, 7) is 11.8. The highest BCUT2D eigenvalue weighted by Crippen LogP contribution is 2.44. The number of phenols is 1. The average molecular weight is 519 g/mol. The van der Waals surface area contributed by atoms with Crippen LogP contribution < -0.4 is 9.73 Å². The van der Waals surface area contributed by atoms with Gasteiger partial charge in [-0.05, 0) is 58.1 Å². The number of allylic oxidation sites excluding steroid dienone is 2. The molecule has 2 aliphatic heterocycles. The number of esters is 1. The first-order valence-electron chi connectivity index (χ1n) is 12.9. The van der Waals surface area contributed by atoms with Crippen molar-refractivity contribution in [1.82, 2.24) is 9.80 Å². The van der Waals surface area contributed by atoms with E-state index in [2.05, 4.69) is 9.89 Å². The van der Waals surface area contributed by atoms with Gasteiger partial charge in [0.2, 0.25) is 17.6 Å². The molecule has 2 aromatic carbocycles. The number of fused-ring (bicyclic) bond motifs is 7. The molecule has 2 heterocycles. The zero-order valence-electron chi connectivity index (χ0n) is 22.3. The van der Waals surface area contributed by atoms with E-state index in [9.17, 15) is 19.5 Å². The van der Waals surface area contributed by atoms with Gasteiger partial charge >= 0.3 is 5.97 Å². The largest absolute Gasteiger partial charge is 0.508 e. The fourth-order valence-corrected chi connectivity index (χ4v) is 5.07. The number of ether oxygens (including phenoxy) is 2. The smallest absolute Gasteiger partial charge is 0.338 e. The maximum absolute atomic E-state index is 13.7. The van der Waals surface area contributed by atoms with Crippen LogP contribution in [0.5, 0.6) is 11.5 Å². The lowest BCUT2D eigenvalue weighted by Crippen LogP contribution is -2.72. The Morgan fingerprint density at radius 1 is 1.13 bits per heavy atom. The van der Waals surface area contributed by atoms with Gasteiger partial charge in [0.25, 0.3) is 17.5 Å². The summed E-state index contributed by atoms with van der Waals surface area (Å²) in [5.74, 6) is -1.23. The molecule has 0 spiro atoms. The SMILES string of the molecule is CCN(CC)CCN1C(=O)c2c3c(c4ccc(O)cc4c2C1=O)[NH+]=C1C=CC=C(C(=O)OC(C)(C)C)C1O3. The molecule has 2 amide bonds. The zero-order chi connectivity index (χ0) is 27.4. The Hall–Kier alpha value is -3.98. The number of aromatic hydroxyl groups is 1. The van der Waals surface area contributed by atoms with Gasteiger partial charge in [0.05, 0.1) is 16.5 Å². The maximum Gasteiger partial charge on any atom is 0.338 e. The van der Waals surface area contributed by atoms with Gasteiger partial charge in [0.1, 0.15) is 16.9 Å². The molecule has 1 aliphatic carbocycles. The van der Waals surface area contributed by atoms with E-state index in [4.69, 9.17) is 9.47 Å². The van der Waals surface area contributed by atoms with Crippen LogP contribution in [-0.2, 0) is 9.53 Å². The van der Waals surface area contributed by atoms with Gasteiger partial charge in [-0.25, -0.2) is 9.79 Å². The Balaban J connectivity index is 1.64. The molecule has 0 radical (unpaired) electrons. The third-order valence-corrected chi connectivity index (χ3v) is 6.95. The Kier molecular flexibility index (Phi) is 6.35. The summed E-state index contributed by atoms with van der Waals surface area (Å²) in [6, 6.07) is 4.71. The Bertz CT molecular complexity index is 1460. The lowest BCUT2D eigenvalue weighted by Gasteiger charge is -2.27. The molecule has 2 N–H and O–H groups in total. The lowest BCUT2D eigenvalue weighted by molar-refractivity contribution is -0.360. The van der Waals surface area contributed by atoms with Crippen LogP contribution in [0.25, 0.3) is 10.8 Å². The number of imide groups is 1. The highest BCUT2D eigenvalue weighted by Gasteiger charge is 2.47. The Morgan fingerprint density at radius 2 is 1.84 bits per heavy atom. The molecule has 5 rings (SSSR count). The average Bonchev–Trinajstić information content (AvgIpc) is 3.12. The number of hydrogen-bond donors (Lipinski definition) is 2. The van der Waals surface area contributed by atoms with Crippen LogP contribution in [0.4, 0.5) is 5.69 Å². The Morgan fingerprint density at radius 3 is 2.53 bits per heavy atom. The molecule has 3 aliphatic rings. The number of nitrogens with one attached hydrogen (secondary N) is 1. The molecule has 0 saturated heterocycles. The van der Waals surface area contributed by atoms with Gasteiger partial charge < -0.3 is 19.5 Å². The standard InChI is InChI=1S/C29H31N3O6/c1-6-31(7-2)13-14-32-26(34)21-19-15-16(33)11-12-17(19)23-25(22(21)27(32)35)37-24-18(9-8-10-20(24)30-23)28(36)38-29(3,4)5/h8-12,15,24,33H,6-7,13-14H2,1-5H3/p+1. The van der Waals surface area contributed by atoms with Crippen molar-refractivity contribution in [3.8, 4) is 11.5 Å². The van der Waals surface area contributed by atoms with Crippen molar-refractivity contribution in [3.63, 3.8) is 0 Å². The fourth-order valence-electron chi connectivity index (χ4n) is 5.07. The Labute approximate surface area is 221 Å². The quantitative estimate of drug-likeness (QED) is 0.446. The van der Waals surface area contributed by atoms with E-state index in [0.717, 1.165) is 13.1 Å². The van der Waals surface area contributed by atoms with Gasteiger partial charge in [-0.3, -0.25) is 14.5 Å². The number of carbonyl (C=O) groups excluding carboxylic acids is 3. The summed E-state index contributed by atoms with van der Waals surface area (Å²) >= 11 is 0. The normalized spacial score (nSPS) is 18.2. The number of amides is 2. The molecule has 0 saturated carbocycles. The third kappa shape index (κ3) is 4.26. The highest BCUT2D eigenvalue weighted by molar-refractivity contribution is 6.29. The number of rotatable bonds is 6. The zero-order valence-corrected chi connectivity index (χ0v) is 22.3. The molecular weight excluding hydrogens is 486 g/mol. The molecule has 9 nitrogen and oxygen atoms in total. The van der Waals surface area contributed by atoms with Crippen LogP contribution in [0.1, 0.15) is 55.3 Å². The van der Waals surface area contributed by atoms with E-state index >= 15 is 0 Å². The van der Waals surface area contributed by atoms with Crippen LogP contribution in [0, 0.1) is 0 Å². The molecule has 198 valence electrons. The minimum Gasteiger partial charge on any atom is -0.508 e. The molecule has 2 aromatic rings. The monoisotopic (exact) mass is 518 g/mol. The van der Waals surface area contributed by atoms with E-state index in [-0.39, 0.29) is 34.7 Å². The fraction of sp³-hybridized carbons (Fsp3) is 0.379. The van der Waals surface area contributed by atoms with Crippen molar-refractivity contribution in [2.24, 2.45) is 0 Å². The molecule has 38 heavy (non-hydrogen) atoms. The van der Waals surface area contributed by atoms with Gasteiger partial charge in [-0.15, -0.1) is 0 Å². The first-order valence-corrected chi connectivity index (χ1v) is 12.9.